The zero-order valence-corrected chi connectivity index (χ0v) is 11.4. The van der Waals surface area contributed by atoms with Gasteiger partial charge in [-0.05, 0) is 30.9 Å². The van der Waals surface area contributed by atoms with Crippen LogP contribution in [0.25, 0.3) is 0 Å². The molecule has 2 rings (SSSR count). The maximum Gasteiger partial charge on any atom is 0.335 e. The fourth-order valence-corrected chi connectivity index (χ4v) is 2.21. The van der Waals surface area contributed by atoms with E-state index in [0.717, 1.165) is 19.3 Å². The normalized spacial score (nSPS) is 20.2. The molecule has 0 aliphatic heterocycles. The average Bonchev–Trinajstić information content (AvgIpc) is 3.15. The fraction of sp³-hybridized carbons (Fsp3) is 0.500. The number of amides is 2. The van der Waals surface area contributed by atoms with Crippen LogP contribution in [0.5, 0.6) is 0 Å². The van der Waals surface area contributed by atoms with Gasteiger partial charge in [0.05, 0.1) is 17.8 Å². The number of urea groups is 1. The largest absolute Gasteiger partial charge is 0.478 e. The van der Waals surface area contributed by atoms with Crippen LogP contribution >= 0.6 is 0 Å². The molecule has 20 heavy (non-hydrogen) atoms. The van der Waals surface area contributed by atoms with Crippen molar-refractivity contribution in [2.75, 3.05) is 0 Å². The van der Waals surface area contributed by atoms with Gasteiger partial charge >= 0.3 is 12.0 Å². The van der Waals surface area contributed by atoms with Crippen LogP contribution in [0.4, 0.5) is 4.79 Å². The Balaban J connectivity index is 1.76. The Hall–Kier alpha value is -2.11. The molecular formula is C14H19N3O3. The van der Waals surface area contributed by atoms with Crippen LogP contribution in [-0.2, 0) is 6.54 Å². The number of hydrogen-bond acceptors (Lipinski definition) is 3. The quantitative estimate of drug-likeness (QED) is 0.739. The molecule has 6 heteroatoms. The van der Waals surface area contributed by atoms with Crippen molar-refractivity contribution < 1.29 is 14.7 Å². The van der Waals surface area contributed by atoms with E-state index in [-0.39, 0.29) is 24.2 Å². The summed E-state index contributed by atoms with van der Waals surface area (Å²) in [6, 6.07) is 2.94. The van der Waals surface area contributed by atoms with E-state index in [9.17, 15) is 9.59 Å². The summed E-state index contributed by atoms with van der Waals surface area (Å²) >= 11 is 0. The Kier molecular flexibility index (Phi) is 4.55. The summed E-state index contributed by atoms with van der Waals surface area (Å²) in [6.07, 6.45) is 4.76. The number of carboxylic acid groups (broad SMARTS) is 1. The van der Waals surface area contributed by atoms with E-state index in [1.165, 1.54) is 18.3 Å². The number of nitrogens with zero attached hydrogens (tertiary/aromatic N) is 1. The summed E-state index contributed by atoms with van der Waals surface area (Å²) in [6.45, 7) is 2.36. The molecule has 1 aliphatic rings. The number of hydrogen-bond donors (Lipinski definition) is 3. The Morgan fingerprint density at radius 2 is 2.30 bits per heavy atom. The van der Waals surface area contributed by atoms with Crippen molar-refractivity contribution in [3.05, 3.63) is 29.6 Å². The monoisotopic (exact) mass is 277 g/mol. The van der Waals surface area contributed by atoms with Crippen molar-refractivity contribution in [3.8, 4) is 0 Å². The fourth-order valence-electron chi connectivity index (χ4n) is 2.21. The predicted octanol–water partition coefficient (Wildman–Crippen LogP) is 1.77. The first-order valence-corrected chi connectivity index (χ1v) is 6.82. The van der Waals surface area contributed by atoms with Gasteiger partial charge in [-0.3, -0.25) is 4.98 Å². The number of carboxylic acids is 1. The van der Waals surface area contributed by atoms with Crippen LogP contribution in [0.2, 0.25) is 0 Å². The number of aromatic carboxylic acids is 1. The maximum absolute atomic E-state index is 11.7. The molecular weight excluding hydrogens is 258 g/mol. The highest BCUT2D eigenvalue weighted by atomic mass is 16.4. The van der Waals surface area contributed by atoms with Crippen molar-refractivity contribution in [3.63, 3.8) is 0 Å². The number of aromatic nitrogens is 1. The van der Waals surface area contributed by atoms with Crippen molar-refractivity contribution in [2.45, 2.75) is 38.8 Å². The molecule has 0 saturated heterocycles. The highest BCUT2D eigenvalue weighted by Gasteiger charge is 2.36. The van der Waals surface area contributed by atoms with Crippen LogP contribution in [0.1, 0.15) is 42.2 Å². The van der Waals surface area contributed by atoms with Gasteiger partial charge in [-0.25, -0.2) is 9.59 Å². The lowest BCUT2D eigenvalue weighted by Crippen LogP contribution is -2.37. The van der Waals surface area contributed by atoms with E-state index in [1.54, 1.807) is 0 Å². The highest BCUT2D eigenvalue weighted by molar-refractivity contribution is 5.87. The topological polar surface area (TPSA) is 91.3 Å². The zero-order chi connectivity index (χ0) is 14.5. The Labute approximate surface area is 117 Å². The van der Waals surface area contributed by atoms with Crippen LogP contribution in [0.3, 0.4) is 0 Å². The molecule has 1 heterocycles. The van der Waals surface area contributed by atoms with Gasteiger partial charge < -0.3 is 15.7 Å². The van der Waals surface area contributed by atoms with Gasteiger partial charge in [0.25, 0.3) is 0 Å². The highest BCUT2D eigenvalue weighted by Crippen LogP contribution is 2.34. The smallest absolute Gasteiger partial charge is 0.335 e. The van der Waals surface area contributed by atoms with Gasteiger partial charge in [0.15, 0.2) is 0 Å². The molecule has 1 aliphatic carbocycles. The first kappa shape index (κ1) is 14.3. The third kappa shape index (κ3) is 3.94. The molecule has 2 amide bonds. The average molecular weight is 277 g/mol. The summed E-state index contributed by atoms with van der Waals surface area (Å²) in [5.74, 6) is -0.391. The van der Waals surface area contributed by atoms with Crippen LogP contribution in [0.15, 0.2) is 18.3 Å². The minimum atomic E-state index is -1.00. The molecule has 0 spiro atoms. The second kappa shape index (κ2) is 6.36. The van der Waals surface area contributed by atoms with Gasteiger partial charge in [0.1, 0.15) is 0 Å². The lowest BCUT2D eigenvalue weighted by Gasteiger charge is -2.07. The summed E-state index contributed by atoms with van der Waals surface area (Å²) in [5.41, 5.74) is 0.698. The van der Waals surface area contributed by atoms with Crippen LogP contribution in [0, 0.1) is 5.92 Å². The molecule has 3 N–H and O–H groups in total. The molecule has 1 aromatic heterocycles. The Morgan fingerprint density at radius 3 is 3.00 bits per heavy atom. The Bertz CT molecular complexity index is 504. The summed E-state index contributed by atoms with van der Waals surface area (Å²) < 4.78 is 0. The van der Waals surface area contributed by atoms with Crippen LogP contribution < -0.4 is 10.6 Å². The first-order valence-electron chi connectivity index (χ1n) is 6.82. The van der Waals surface area contributed by atoms with Gasteiger partial charge in [0.2, 0.25) is 0 Å². The van der Waals surface area contributed by atoms with Crippen molar-refractivity contribution in [1.29, 1.82) is 0 Å². The molecule has 1 fully saturated rings. The molecule has 1 aromatic rings. The lowest BCUT2D eigenvalue weighted by atomic mass is 10.2. The molecule has 2 unspecified atom stereocenters. The second-order valence-corrected chi connectivity index (χ2v) is 5.06. The third-order valence-corrected chi connectivity index (χ3v) is 3.39. The molecule has 0 aromatic carbocycles. The summed E-state index contributed by atoms with van der Waals surface area (Å²) in [5, 5.41) is 14.5. The third-order valence-electron chi connectivity index (χ3n) is 3.39. The van der Waals surface area contributed by atoms with E-state index in [0.29, 0.717) is 11.6 Å². The number of pyridine rings is 1. The minimum absolute atomic E-state index is 0.169. The number of nitrogens with one attached hydrogen (secondary N) is 2. The van der Waals surface area contributed by atoms with Gasteiger partial charge in [-0.2, -0.15) is 0 Å². The SMILES string of the molecule is CCCC1CC1NC(=O)NCc1cc(C(=O)O)ccn1. The molecule has 1 saturated carbocycles. The molecule has 108 valence electrons. The maximum atomic E-state index is 11.7. The first-order chi connectivity index (χ1) is 9.60. The number of carbonyl (C=O) groups is 2. The lowest BCUT2D eigenvalue weighted by molar-refractivity contribution is 0.0696. The van der Waals surface area contributed by atoms with E-state index >= 15 is 0 Å². The molecule has 6 nitrogen and oxygen atoms in total. The minimum Gasteiger partial charge on any atom is -0.478 e. The van der Waals surface area contributed by atoms with E-state index < -0.39 is 5.97 Å². The number of rotatable bonds is 6. The van der Waals surface area contributed by atoms with Crippen molar-refractivity contribution in [2.24, 2.45) is 5.92 Å². The molecule has 2 atom stereocenters. The number of carbonyl (C=O) groups excluding carboxylic acids is 1. The molecule has 0 radical (unpaired) electrons. The van der Waals surface area contributed by atoms with Crippen molar-refractivity contribution in [1.82, 2.24) is 15.6 Å². The molecule has 0 bridgehead atoms. The van der Waals surface area contributed by atoms with E-state index in [4.69, 9.17) is 5.11 Å². The van der Waals surface area contributed by atoms with E-state index in [1.807, 2.05) is 0 Å². The standard InChI is InChI=1S/C14H19N3O3/c1-2-3-9-7-12(9)17-14(20)16-8-11-6-10(13(18)19)4-5-15-11/h4-6,9,12H,2-3,7-8H2,1H3,(H,18,19)(H2,16,17,20). The zero-order valence-electron chi connectivity index (χ0n) is 11.4. The van der Waals surface area contributed by atoms with E-state index in [2.05, 4.69) is 22.5 Å². The van der Waals surface area contributed by atoms with Crippen molar-refractivity contribution >= 4 is 12.0 Å². The van der Waals surface area contributed by atoms with Crippen LogP contribution in [-0.4, -0.2) is 28.1 Å². The van der Waals surface area contributed by atoms with Gasteiger partial charge in [-0.15, -0.1) is 0 Å². The predicted molar refractivity (Wildman–Crippen MR) is 73.4 cm³/mol. The summed E-state index contributed by atoms with van der Waals surface area (Å²) in [4.78, 5) is 26.5. The summed E-state index contributed by atoms with van der Waals surface area (Å²) in [7, 11) is 0. The van der Waals surface area contributed by atoms with Gasteiger partial charge in [-0.1, -0.05) is 13.3 Å². The van der Waals surface area contributed by atoms with Gasteiger partial charge in [0, 0.05) is 12.2 Å². The Morgan fingerprint density at radius 1 is 1.50 bits per heavy atom. The second-order valence-electron chi connectivity index (χ2n) is 5.06.